The van der Waals surface area contributed by atoms with Gasteiger partial charge in [0.05, 0.1) is 11.4 Å². The third-order valence-electron chi connectivity index (χ3n) is 2.07. The van der Waals surface area contributed by atoms with E-state index in [0.29, 0.717) is 0 Å². The van der Waals surface area contributed by atoms with Gasteiger partial charge in [0, 0.05) is 8.95 Å². The minimum atomic E-state index is 0.731. The van der Waals surface area contributed by atoms with Crippen molar-refractivity contribution in [2.24, 2.45) is 20.7 Å². The predicted molar refractivity (Wildman–Crippen MR) is 80.5 cm³/mol. The molecule has 5 nitrogen and oxygen atoms in total. The van der Waals surface area contributed by atoms with Gasteiger partial charge >= 0.3 is 0 Å². The SMILES string of the molecule is Brc1ccc(/N=N/N/N=N/c2ccc(Br)cc2)cc1. The van der Waals surface area contributed by atoms with E-state index >= 15 is 0 Å². The second-order valence-corrected chi connectivity index (χ2v) is 5.28. The molecule has 0 aliphatic carbocycles. The molecule has 0 aliphatic rings. The van der Waals surface area contributed by atoms with Crippen LogP contribution in [-0.4, -0.2) is 0 Å². The van der Waals surface area contributed by atoms with Gasteiger partial charge in [-0.3, -0.25) is 0 Å². The van der Waals surface area contributed by atoms with Crippen molar-refractivity contribution < 1.29 is 0 Å². The van der Waals surface area contributed by atoms with Crippen molar-refractivity contribution in [3.8, 4) is 0 Å². The lowest BCUT2D eigenvalue weighted by molar-refractivity contribution is 0.703. The lowest BCUT2D eigenvalue weighted by atomic mass is 10.3. The molecule has 0 aromatic heterocycles. The third-order valence-corrected chi connectivity index (χ3v) is 3.13. The third kappa shape index (κ3) is 4.88. The van der Waals surface area contributed by atoms with Gasteiger partial charge in [-0.15, -0.1) is 10.2 Å². The summed E-state index contributed by atoms with van der Waals surface area (Å²) in [4.78, 5) is 0. The summed E-state index contributed by atoms with van der Waals surface area (Å²) in [6.45, 7) is 0. The van der Waals surface area contributed by atoms with E-state index in [0.717, 1.165) is 20.3 Å². The van der Waals surface area contributed by atoms with E-state index in [4.69, 9.17) is 0 Å². The first-order valence-electron chi connectivity index (χ1n) is 5.32. The van der Waals surface area contributed by atoms with Gasteiger partial charge in [-0.05, 0) is 48.5 Å². The highest BCUT2D eigenvalue weighted by atomic mass is 79.9. The molecule has 19 heavy (non-hydrogen) atoms. The molecule has 0 fully saturated rings. The Morgan fingerprint density at radius 2 is 1.00 bits per heavy atom. The molecule has 1 N–H and O–H groups in total. The molecule has 96 valence electrons. The molecule has 2 aromatic carbocycles. The number of rotatable bonds is 4. The second kappa shape index (κ2) is 7.10. The van der Waals surface area contributed by atoms with E-state index < -0.39 is 0 Å². The number of benzene rings is 2. The van der Waals surface area contributed by atoms with Crippen molar-refractivity contribution in [3.05, 3.63) is 57.5 Å². The van der Waals surface area contributed by atoms with Gasteiger partial charge in [0.25, 0.3) is 0 Å². The van der Waals surface area contributed by atoms with E-state index in [1.54, 1.807) is 0 Å². The normalized spacial score (nSPS) is 11.3. The Morgan fingerprint density at radius 1 is 0.632 bits per heavy atom. The molecular weight excluding hydrogens is 374 g/mol. The Bertz CT molecular complexity index is 525. The monoisotopic (exact) mass is 381 g/mol. The molecule has 2 rings (SSSR count). The molecule has 0 spiro atoms. The zero-order chi connectivity index (χ0) is 13.5. The molecule has 0 saturated heterocycles. The van der Waals surface area contributed by atoms with Crippen molar-refractivity contribution in [1.29, 1.82) is 0 Å². The van der Waals surface area contributed by atoms with Gasteiger partial charge in [-0.2, -0.15) is 5.53 Å². The number of nitrogens with zero attached hydrogens (tertiary/aromatic N) is 4. The van der Waals surface area contributed by atoms with E-state index in [1.807, 2.05) is 48.5 Å². The van der Waals surface area contributed by atoms with Crippen LogP contribution in [0.5, 0.6) is 0 Å². The Morgan fingerprint density at radius 3 is 1.37 bits per heavy atom. The van der Waals surface area contributed by atoms with Crippen molar-refractivity contribution in [2.45, 2.75) is 0 Å². The highest BCUT2D eigenvalue weighted by Gasteiger charge is 1.89. The van der Waals surface area contributed by atoms with Crippen molar-refractivity contribution in [2.75, 3.05) is 0 Å². The average molecular weight is 383 g/mol. The standard InChI is InChI=1S/C12H9Br2N5/c13-9-1-5-11(6-2-9)15-17-19-18-16-12-7-3-10(14)4-8-12/h1-8H,(H,15,16,19). The number of hydrogen-bond donors (Lipinski definition) is 1. The average Bonchev–Trinajstić information content (AvgIpc) is 2.43. The summed E-state index contributed by atoms with van der Waals surface area (Å²) >= 11 is 6.69. The maximum atomic E-state index is 3.92. The van der Waals surface area contributed by atoms with Crippen LogP contribution in [0.4, 0.5) is 11.4 Å². The highest BCUT2D eigenvalue weighted by Crippen LogP contribution is 2.17. The Hall–Kier alpha value is -1.60. The van der Waals surface area contributed by atoms with Crippen LogP contribution in [0.1, 0.15) is 0 Å². The van der Waals surface area contributed by atoms with E-state index in [1.165, 1.54) is 0 Å². The van der Waals surface area contributed by atoms with Gasteiger partial charge in [-0.25, -0.2) is 0 Å². The summed E-state index contributed by atoms with van der Waals surface area (Å²) in [5, 5.41) is 15.2. The van der Waals surface area contributed by atoms with Crippen LogP contribution < -0.4 is 5.53 Å². The molecule has 0 radical (unpaired) electrons. The first kappa shape index (κ1) is 13.8. The molecule has 0 heterocycles. The molecule has 0 atom stereocenters. The summed E-state index contributed by atoms with van der Waals surface area (Å²) in [6, 6.07) is 14.9. The summed E-state index contributed by atoms with van der Waals surface area (Å²) in [7, 11) is 0. The maximum absolute atomic E-state index is 3.92. The lowest BCUT2D eigenvalue weighted by Crippen LogP contribution is -1.88. The topological polar surface area (TPSA) is 61.5 Å². The van der Waals surface area contributed by atoms with Crippen molar-refractivity contribution >= 4 is 43.2 Å². The largest absolute Gasteiger partial charge is 0.160 e. The number of halogens is 2. The van der Waals surface area contributed by atoms with Crippen LogP contribution in [0.25, 0.3) is 0 Å². The summed E-state index contributed by atoms with van der Waals surface area (Å²) in [6.07, 6.45) is 0. The van der Waals surface area contributed by atoms with Crippen molar-refractivity contribution in [1.82, 2.24) is 5.53 Å². The minimum absolute atomic E-state index is 0.731. The fourth-order valence-corrected chi connectivity index (χ4v) is 1.72. The highest BCUT2D eigenvalue weighted by molar-refractivity contribution is 9.10. The molecule has 0 saturated carbocycles. The molecule has 2 aromatic rings. The van der Waals surface area contributed by atoms with Gasteiger partial charge in [0.2, 0.25) is 0 Å². The molecule has 0 aliphatic heterocycles. The van der Waals surface area contributed by atoms with Gasteiger partial charge in [-0.1, -0.05) is 42.3 Å². The summed E-state index contributed by atoms with van der Waals surface area (Å²) in [5.74, 6) is 0. The molecule has 0 amide bonds. The fraction of sp³-hybridized carbons (Fsp3) is 0. The number of hydrogen-bond acceptors (Lipinski definition) is 4. The first-order chi connectivity index (χ1) is 9.24. The van der Waals surface area contributed by atoms with Crippen molar-refractivity contribution in [3.63, 3.8) is 0 Å². The molecule has 7 heteroatoms. The van der Waals surface area contributed by atoms with Crippen LogP contribution in [0, 0.1) is 0 Å². The van der Waals surface area contributed by atoms with Gasteiger partial charge in [0.1, 0.15) is 0 Å². The Kier molecular flexibility index (Phi) is 5.17. The minimum Gasteiger partial charge on any atom is -0.160 e. The molecular formula is C12H9Br2N5. The number of nitrogens with one attached hydrogen (secondary N) is 1. The zero-order valence-electron chi connectivity index (χ0n) is 9.66. The van der Waals surface area contributed by atoms with Crippen LogP contribution in [0.3, 0.4) is 0 Å². The lowest BCUT2D eigenvalue weighted by Gasteiger charge is -1.93. The molecule has 0 bridgehead atoms. The fourth-order valence-electron chi connectivity index (χ4n) is 1.20. The van der Waals surface area contributed by atoms with E-state index in [9.17, 15) is 0 Å². The van der Waals surface area contributed by atoms with Crippen LogP contribution >= 0.6 is 31.9 Å². The van der Waals surface area contributed by atoms with Crippen LogP contribution in [0.2, 0.25) is 0 Å². The van der Waals surface area contributed by atoms with Crippen LogP contribution in [0.15, 0.2) is 78.2 Å². The van der Waals surface area contributed by atoms with E-state index in [2.05, 4.69) is 58.1 Å². The first-order valence-corrected chi connectivity index (χ1v) is 6.90. The zero-order valence-corrected chi connectivity index (χ0v) is 12.8. The Balaban J connectivity index is 1.86. The smallest absolute Gasteiger partial charge is 0.0875 e. The molecule has 0 unspecified atom stereocenters. The second-order valence-electron chi connectivity index (χ2n) is 3.45. The van der Waals surface area contributed by atoms with Gasteiger partial charge in [0.15, 0.2) is 0 Å². The van der Waals surface area contributed by atoms with Crippen LogP contribution in [-0.2, 0) is 0 Å². The Labute approximate surface area is 127 Å². The maximum Gasteiger partial charge on any atom is 0.0875 e. The van der Waals surface area contributed by atoms with Gasteiger partial charge < -0.3 is 0 Å². The quantitative estimate of drug-likeness (QED) is 0.550. The van der Waals surface area contributed by atoms with E-state index in [-0.39, 0.29) is 0 Å². The predicted octanol–water partition coefficient (Wildman–Crippen LogP) is 5.50. The summed E-state index contributed by atoms with van der Waals surface area (Å²) in [5.41, 5.74) is 3.87. The summed E-state index contributed by atoms with van der Waals surface area (Å²) < 4.78 is 1.99.